The first-order valence-corrected chi connectivity index (χ1v) is 10.1. The zero-order valence-corrected chi connectivity index (χ0v) is 17.8. The molecule has 2 N–H and O–H groups in total. The second-order valence-electron chi connectivity index (χ2n) is 7.03. The van der Waals surface area contributed by atoms with Gasteiger partial charge in [-0.25, -0.2) is 5.43 Å². The molecular weight excluding hydrogens is 422 g/mol. The maximum absolute atomic E-state index is 12.9. The minimum Gasteiger partial charge on any atom is -0.465 e. The summed E-state index contributed by atoms with van der Waals surface area (Å²) < 4.78 is 15.9. The molecule has 8 heteroatoms. The van der Waals surface area contributed by atoms with Gasteiger partial charge in [-0.05, 0) is 67.1 Å². The summed E-state index contributed by atoms with van der Waals surface area (Å²) in [6.45, 7) is 1.86. The van der Waals surface area contributed by atoms with Gasteiger partial charge >= 0.3 is 0 Å². The minimum absolute atomic E-state index is 0.0225. The van der Waals surface area contributed by atoms with E-state index in [4.69, 9.17) is 13.9 Å². The third-order valence-corrected chi connectivity index (χ3v) is 4.60. The number of ether oxygens (including phenoxy) is 2. The van der Waals surface area contributed by atoms with Crippen molar-refractivity contribution in [3.63, 3.8) is 0 Å². The number of fused-ring (bicyclic) bond motifs is 1. The summed E-state index contributed by atoms with van der Waals surface area (Å²) in [5.74, 6) is 0.845. The molecule has 0 unspecified atom stereocenters. The average molecular weight is 443 g/mol. The van der Waals surface area contributed by atoms with Gasteiger partial charge in [0.2, 0.25) is 6.79 Å². The largest absolute Gasteiger partial charge is 0.465 e. The summed E-state index contributed by atoms with van der Waals surface area (Å²) in [7, 11) is 0. The van der Waals surface area contributed by atoms with Crippen molar-refractivity contribution >= 4 is 29.7 Å². The van der Waals surface area contributed by atoms with Crippen molar-refractivity contribution in [1.29, 1.82) is 0 Å². The van der Waals surface area contributed by atoms with Crippen molar-refractivity contribution in [1.82, 2.24) is 10.7 Å². The highest BCUT2D eigenvalue weighted by molar-refractivity contribution is 6.06. The Morgan fingerprint density at radius 3 is 2.61 bits per heavy atom. The molecular formula is C25H21N3O5. The molecule has 0 fully saturated rings. The van der Waals surface area contributed by atoms with Gasteiger partial charge in [0.1, 0.15) is 11.5 Å². The molecule has 4 rings (SSSR count). The van der Waals surface area contributed by atoms with Gasteiger partial charge in [-0.1, -0.05) is 24.3 Å². The van der Waals surface area contributed by atoms with E-state index in [1.54, 1.807) is 92.1 Å². The summed E-state index contributed by atoms with van der Waals surface area (Å²) in [5, 5.41) is 6.74. The molecule has 2 heterocycles. The smallest absolute Gasteiger partial charge is 0.287 e. The van der Waals surface area contributed by atoms with E-state index in [1.165, 1.54) is 0 Å². The molecule has 3 aromatic rings. The quantitative estimate of drug-likeness (QED) is 0.327. The van der Waals surface area contributed by atoms with Crippen LogP contribution in [0.15, 0.2) is 88.2 Å². The number of hydrogen-bond acceptors (Lipinski definition) is 6. The molecule has 8 nitrogen and oxygen atoms in total. The first-order valence-electron chi connectivity index (χ1n) is 10.1. The van der Waals surface area contributed by atoms with Crippen LogP contribution < -0.4 is 20.2 Å². The second-order valence-corrected chi connectivity index (χ2v) is 7.03. The van der Waals surface area contributed by atoms with Gasteiger partial charge in [-0.15, -0.1) is 0 Å². The molecule has 1 aliphatic heterocycles. The number of amides is 2. The summed E-state index contributed by atoms with van der Waals surface area (Å²) in [6.07, 6.45) is 6.53. The van der Waals surface area contributed by atoms with Gasteiger partial charge in [0.05, 0.1) is 12.0 Å². The SMILES string of the molecule is CC(/C=C/c1ccco1)=N\NC(=O)/C(=C\c1ccc2c(c1)OCO2)NC(=O)c1ccccc1. The Morgan fingerprint density at radius 2 is 1.82 bits per heavy atom. The lowest BCUT2D eigenvalue weighted by molar-refractivity contribution is -0.117. The van der Waals surface area contributed by atoms with Gasteiger partial charge in [-0.3, -0.25) is 9.59 Å². The van der Waals surface area contributed by atoms with Gasteiger partial charge in [0.15, 0.2) is 11.5 Å². The highest BCUT2D eigenvalue weighted by Gasteiger charge is 2.17. The second kappa shape index (κ2) is 10.1. The van der Waals surface area contributed by atoms with E-state index in [1.807, 2.05) is 0 Å². The Bertz CT molecular complexity index is 1230. The topological polar surface area (TPSA) is 102 Å². The molecule has 166 valence electrons. The highest BCUT2D eigenvalue weighted by Crippen LogP contribution is 2.33. The van der Waals surface area contributed by atoms with Crippen LogP contribution in [0.2, 0.25) is 0 Å². The lowest BCUT2D eigenvalue weighted by Gasteiger charge is -2.10. The Labute approximate surface area is 190 Å². The van der Waals surface area contributed by atoms with Crippen molar-refractivity contribution in [3.8, 4) is 11.5 Å². The van der Waals surface area contributed by atoms with E-state index in [9.17, 15) is 9.59 Å². The summed E-state index contributed by atoms with van der Waals surface area (Å²) >= 11 is 0. The van der Waals surface area contributed by atoms with Crippen LogP contribution in [0.5, 0.6) is 11.5 Å². The van der Waals surface area contributed by atoms with Crippen molar-refractivity contribution in [2.24, 2.45) is 5.10 Å². The molecule has 0 radical (unpaired) electrons. The number of hydrazone groups is 1. The third-order valence-electron chi connectivity index (χ3n) is 4.60. The lowest BCUT2D eigenvalue weighted by Crippen LogP contribution is -2.33. The normalized spacial score (nSPS) is 13.2. The highest BCUT2D eigenvalue weighted by atomic mass is 16.7. The average Bonchev–Trinajstić information content (AvgIpc) is 3.53. The van der Waals surface area contributed by atoms with Crippen LogP contribution in [0.3, 0.4) is 0 Å². The molecule has 2 amide bonds. The molecule has 0 bridgehead atoms. The van der Waals surface area contributed by atoms with Crippen LogP contribution in [-0.4, -0.2) is 24.3 Å². The van der Waals surface area contributed by atoms with Crippen LogP contribution in [0.4, 0.5) is 0 Å². The van der Waals surface area contributed by atoms with E-state index >= 15 is 0 Å². The number of rotatable bonds is 7. The van der Waals surface area contributed by atoms with E-state index in [-0.39, 0.29) is 12.5 Å². The fraction of sp³-hybridized carbons (Fsp3) is 0.0800. The molecule has 0 spiro atoms. The molecule has 2 aromatic carbocycles. The van der Waals surface area contributed by atoms with Crippen molar-refractivity contribution < 1.29 is 23.5 Å². The number of furan rings is 1. The standard InChI is InChI=1S/C25H21N3O5/c1-17(9-11-20-8-5-13-31-20)27-28-25(30)21(26-24(29)19-6-3-2-4-7-19)14-18-10-12-22-23(15-18)33-16-32-22/h2-15H,16H2,1H3,(H,26,29)(H,28,30)/b11-9+,21-14+,27-17+. The fourth-order valence-corrected chi connectivity index (χ4v) is 2.94. The predicted molar refractivity (Wildman–Crippen MR) is 123 cm³/mol. The zero-order chi connectivity index (χ0) is 23.0. The Kier molecular flexibility index (Phi) is 6.65. The predicted octanol–water partition coefficient (Wildman–Crippen LogP) is 3.98. The summed E-state index contributed by atoms with van der Waals surface area (Å²) in [4.78, 5) is 25.6. The van der Waals surface area contributed by atoms with E-state index in [0.29, 0.717) is 34.1 Å². The van der Waals surface area contributed by atoms with Gasteiger partial charge in [0, 0.05) is 5.56 Å². The number of allylic oxidation sites excluding steroid dienone is 1. The number of carbonyl (C=O) groups is 2. The Hall–Kier alpha value is -4.59. The number of nitrogens with zero attached hydrogens (tertiary/aromatic N) is 1. The molecule has 33 heavy (non-hydrogen) atoms. The Morgan fingerprint density at radius 1 is 1.00 bits per heavy atom. The van der Waals surface area contributed by atoms with Gasteiger partial charge in [0.25, 0.3) is 11.8 Å². The van der Waals surface area contributed by atoms with E-state index in [2.05, 4.69) is 15.8 Å². The van der Waals surface area contributed by atoms with Crippen LogP contribution in [0.25, 0.3) is 12.2 Å². The monoisotopic (exact) mass is 443 g/mol. The first kappa shape index (κ1) is 21.6. The maximum atomic E-state index is 12.9. The third kappa shape index (κ3) is 5.76. The van der Waals surface area contributed by atoms with Crippen LogP contribution in [-0.2, 0) is 4.79 Å². The zero-order valence-electron chi connectivity index (χ0n) is 17.8. The number of benzene rings is 2. The summed E-state index contributed by atoms with van der Waals surface area (Å²) in [6, 6.07) is 17.4. The van der Waals surface area contributed by atoms with Crippen LogP contribution >= 0.6 is 0 Å². The Balaban J connectivity index is 1.54. The van der Waals surface area contributed by atoms with E-state index < -0.39 is 11.8 Å². The molecule has 0 saturated heterocycles. The van der Waals surface area contributed by atoms with Crippen molar-refractivity contribution in [3.05, 3.63) is 95.6 Å². The molecule has 0 saturated carbocycles. The van der Waals surface area contributed by atoms with Gasteiger partial charge in [-0.2, -0.15) is 5.10 Å². The van der Waals surface area contributed by atoms with Crippen LogP contribution in [0, 0.1) is 0 Å². The number of hydrogen-bond donors (Lipinski definition) is 2. The van der Waals surface area contributed by atoms with Crippen molar-refractivity contribution in [2.45, 2.75) is 6.92 Å². The molecule has 1 aliphatic rings. The van der Waals surface area contributed by atoms with Crippen molar-refractivity contribution in [2.75, 3.05) is 6.79 Å². The van der Waals surface area contributed by atoms with E-state index in [0.717, 1.165) is 0 Å². The van der Waals surface area contributed by atoms with Gasteiger partial charge < -0.3 is 19.2 Å². The summed E-state index contributed by atoms with van der Waals surface area (Å²) in [5.41, 5.74) is 4.10. The molecule has 1 aromatic heterocycles. The molecule has 0 atom stereocenters. The molecule has 0 aliphatic carbocycles. The lowest BCUT2D eigenvalue weighted by atomic mass is 10.1. The fourth-order valence-electron chi connectivity index (χ4n) is 2.94. The minimum atomic E-state index is -0.581. The number of carbonyl (C=O) groups excluding carboxylic acids is 2. The number of nitrogens with one attached hydrogen (secondary N) is 2. The van der Waals surface area contributed by atoms with Crippen LogP contribution in [0.1, 0.15) is 28.6 Å². The maximum Gasteiger partial charge on any atom is 0.287 e. The first-order chi connectivity index (χ1) is 16.1.